The molecular formula is C29H41F3N4O5S. The highest BCUT2D eigenvalue weighted by molar-refractivity contribution is 7.92. The fraction of sp³-hybridized carbons (Fsp3) is 0.517. The molecular weight excluding hydrogens is 573 g/mol. The van der Waals surface area contributed by atoms with Crippen molar-refractivity contribution in [2.24, 2.45) is 11.8 Å². The molecule has 234 valence electrons. The van der Waals surface area contributed by atoms with Gasteiger partial charge in [0.05, 0.1) is 16.3 Å². The Balaban J connectivity index is 0.000000782. The summed E-state index contributed by atoms with van der Waals surface area (Å²) in [6.45, 7) is 16.6. The maximum atomic E-state index is 13.5. The van der Waals surface area contributed by atoms with E-state index in [-0.39, 0.29) is 10.8 Å². The number of nitrogens with zero attached hydrogens (tertiary/aromatic N) is 2. The number of carboxylic acids is 1. The molecule has 0 aromatic heterocycles. The summed E-state index contributed by atoms with van der Waals surface area (Å²) in [7, 11) is -3.84. The zero-order chi connectivity index (χ0) is 31.8. The number of aliphatic carboxylic acids is 1. The van der Waals surface area contributed by atoms with Gasteiger partial charge in [0.25, 0.3) is 15.9 Å². The smallest absolute Gasteiger partial charge is 0.475 e. The van der Waals surface area contributed by atoms with Crippen LogP contribution in [-0.2, 0) is 14.8 Å². The number of anilines is 2. The Morgan fingerprint density at radius 2 is 1.55 bits per heavy atom. The quantitative estimate of drug-likeness (QED) is 0.368. The number of benzene rings is 2. The number of carbonyl (C=O) groups excluding carboxylic acids is 1. The van der Waals surface area contributed by atoms with E-state index in [0.717, 1.165) is 37.4 Å². The van der Waals surface area contributed by atoms with Crippen molar-refractivity contribution < 1.29 is 36.3 Å². The van der Waals surface area contributed by atoms with Gasteiger partial charge in [-0.05, 0) is 55.5 Å². The predicted molar refractivity (Wildman–Crippen MR) is 158 cm³/mol. The van der Waals surface area contributed by atoms with Crippen LogP contribution < -0.4 is 14.9 Å². The van der Waals surface area contributed by atoms with Crippen LogP contribution in [0, 0.1) is 25.7 Å². The summed E-state index contributed by atoms with van der Waals surface area (Å²) in [5, 5.41) is 10.5. The molecule has 0 saturated carbocycles. The lowest BCUT2D eigenvalue weighted by molar-refractivity contribution is -0.192. The minimum absolute atomic E-state index is 0.0776. The summed E-state index contributed by atoms with van der Waals surface area (Å²) in [6, 6.07) is 10.7. The maximum Gasteiger partial charge on any atom is 0.490 e. The van der Waals surface area contributed by atoms with E-state index in [2.05, 4.69) is 42.6 Å². The van der Waals surface area contributed by atoms with Crippen LogP contribution in [0.2, 0.25) is 0 Å². The van der Waals surface area contributed by atoms with Crippen molar-refractivity contribution in [3.8, 4) is 0 Å². The van der Waals surface area contributed by atoms with Gasteiger partial charge in [-0.15, -0.1) is 0 Å². The summed E-state index contributed by atoms with van der Waals surface area (Å²) in [4.78, 5) is 26.7. The number of hydrogen-bond acceptors (Lipinski definition) is 6. The zero-order valence-corrected chi connectivity index (χ0v) is 25.7. The van der Waals surface area contributed by atoms with E-state index in [9.17, 15) is 26.4 Å². The van der Waals surface area contributed by atoms with E-state index in [4.69, 9.17) is 9.90 Å². The molecule has 0 radical (unpaired) electrons. The molecule has 1 saturated heterocycles. The second kappa shape index (κ2) is 14.7. The van der Waals surface area contributed by atoms with Crippen LogP contribution in [0.25, 0.3) is 0 Å². The largest absolute Gasteiger partial charge is 0.490 e. The van der Waals surface area contributed by atoms with Crippen molar-refractivity contribution in [2.45, 2.75) is 52.6 Å². The number of amides is 1. The molecule has 3 rings (SSSR count). The van der Waals surface area contributed by atoms with Gasteiger partial charge in [0.1, 0.15) is 0 Å². The number of hydrogen-bond donors (Lipinski definition) is 3. The lowest BCUT2D eigenvalue weighted by Crippen LogP contribution is -2.44. The molecule has 0 atom stereocenters. The van der Waals surface area contributed by atoms with Crippen LogP contribution in [0.1, 0.15) is 49.2 Å². The first-order valence-corrected chi connectivity index (χ1v) is 15.2. The highest BCUT2D eigenvalue weighted by Gasteiger charge is 2.38. The van der Waals surface area contributed by atoms with Crippen LogP contribution in [0.4, 0.5) is 24.5 Å². The number of sulfonamides is 1. The Kier molecular flexibility index (Phi) is 12.2. The van der Waals surface area contributed by atoms with Crippen LogP contribution >= 0.6 is 0 Å². The Bertz CT molecular complexity index is 1330. The van der Waals surface area contributed by atoms with E-state index in [1.807, 2.05) is 30.0 Å². The van der Waals surface area contributed by atoms with Gasteiger partial charge in [-0.1, -0.05) is 45.4 Å². The number of carbonyl (C=O) groups is 2. The lowest BCUT2D eigenvalue weighted by Gasteiger charge is -2.32. The van der Waals surface area contributed by atoms with Crippen molar-refractivity contribution >= 4 is 33.3 Å². The molecule has 0 unspecified atom stereocenters. The van der Waals surface area contributed by atoms with E-state index in [1.165, 1.54) is 0 Å². The van der Waals surface area contributed by atoms with Crippen molar-refractivity contribution in [1.29, 1.82) is 0 Å². The van der Waals surface area contributed by atoms with Crippen LogP contribution in [0.5, 0.6) is 0 Å². The number of rotatable bonds is 9. The third kappa shape index (κ3) is 10.2. The Labute approximate surface area is 246 Å². The molecule has 13 heteroatoms. The van der Waals surface area contributed by atoms with Crippen LogP contribution in [-0.4, -0.2) is 75.7 Å². The summed E-state index contributed by atoms with van der Waals surface area (Å²) in [6.07, 6.45) is -5.08. The van der Waals surface area contributed by atoms with Crippen molar-refractivity contribution in [1.82, 2.24) is 10.2 Å². The van der Waals surface area contributed by atoms with Gasteiger partial charge in [-0.25, -0.2) is 13.2 Å². The molecule has 2 aromatic carbocycles. The van der Waals surface area contributed by atoms with Gasteiger partial charge >= 0.3 is 12.1 Å². The highest BCUT2D eigenvalue weighted by atomic mass is 32.2. The number of carboxylic acid groups (broad SMARTS) is 1. The Morgan fingerprint density at radius 3 is 2.02 bits per heavy atom. The van der Waals surface area contributed by atoms with Crippen LogP contribution in [0.3, 0.4) is 0 Å². The molecule has 9 nitrogen and oxygen atoms in total. The summed E-state index contributed by atoms with van der Waals surface area (Å²) in [5.41, 5.74) is 3.41. The molecule has 42 heavy (non-hydrogen) atoms. The molecule has 1 aliphatic rings. The second-order valence-corrected chi connectivity index (χ2v) is 12.8. The predicted octanol–water partition coefficient (Wildman–Crippen LogP) is 4.90. The Morgan fingerprint density at radius 1 is 1.00 bits per heavy atom. The fourth-order valence-corrected chi connectivity index (χ4v) is 5.83. The normalized spacial score (nSPS) is 13.9. The SMILES string of the molecule is Cc1ccc(S(=O)(=O)Nc2cc(C(=O)N(CC(C)C)CC(C)C)ccc2N2CCNCC2)c(C)c1.O=C(O)C(F)(F)F. The number of halogens is 3. The van der Waals surface area contributed by atoms with Crippen molar-refractivity contribution in [3.05, 3.63) is 53.1 Å². The van der Waals surface area contributed by atoms with Gasteiger partial charge < -0.3 is 20.2 Å². The maximum absolute atomic E-state index is 13.5. The first-order valence-electron chi connectivity index (χ1n) is 13.7. The lowest BCUT2D eigenvalue weighted by atomic mass is 10.1. The molecule has 0 bridgehead atoms. The van der Waals surface area contributed by atoms with Crippen molar-refractivity contribution in [3.63, 3.8) is 0 Å². The van der Waals surface area contributed by atoms with Gasteiger partial charge in [-0.2, -0.15) is 13.2 Å². The monoisotopic (exact) mass is 614 g/mol. The molecule has 1 heterocycles. The summed E-state index contributed by atoms with van der Waals surface area (Å²) < 4.78 is 61.4. The minimum atomic E-state index is -5.08. The topological polar surface area (TPSA) is 119 Å². The molecule has 1 aliphatic heterocycles. The first-order chi connectivity index (χ1) is 19.4. The molecule has 1 amide bonds. The molecule has 1 fully saturated rings. The van der Waals surface area contributed by atoms with Gasteiger partial charge in [-0.3, -0.25) is 9.52 Å². The minimum Gasteiger partial charge on any atom is -0.475 e. The third-order valence-electron chi connectivity index (χ3n) is 6.27. The average Bonchev–Trinajstić information content (AvgIpc) is 2.87. The highest BCUT2D eigenvalue weighted by Crippen LogP contribution is 2.31. The number of alkyl halides is 3. The third-order valence-corrected chi connectivity index (χ3v) is 7.79. The number of aryl methyl sites for hydroxylation is 2. The summed E-state index contributed by atoms with van der Waals surface area (Å²) in [5.74, 6) is -2.17. The first kappa shape index (κ1) is 34.9. The van der Waals surface area contributed by atoms with Crippen LogP contribution in [0.15, 0.2) is 41.3 Å². The summed E-state index contributed by atoms with van der Waals surface area (Å²) >= 11 is 0. The molecule has 0 spiro atoms. The van der Waals surface area contributed by atoms with Crippen molar-refractivity contribution in [2.75, 3.05) is 48.9 Å². The fourth-order valence-electron chi connectivity index (χ4n) is 4.54. The van der Waals surface area contributed by atoms with E-state index in [0.29, 0.717) is 41.7 Å². The average molecular weight is 615 g/mol. The molecule has 0 aliphatic carbocycles. The van der Waals surface area contributed by atoms with E-state index in [1.54, 1.807) is 25.1 Å². The Hall–Kier alpha value is -3.32. The molecule has 3 N–H and O–H groups in total. The standard InChI is InChI=1S/C27H40N4O3S.C2HF3O2/c1-19(2)17-31(18-20(3)4)27(32)23-8-9-25(30-13-11-28-12-14-30)24(16-23)29-35(33,34)26-10-7-21(5)15-22(26)6;3-2(4,5)1(6)7/h7-10,15-16,19-20,28-29H,11-14,17-18H2,1-6H3;(H,6,7). The number of piperazine rings is 1. The van der Waals surface area contributed by atoms with Gasteiger partial charge in [0.15, 0.2) is 0 Å². The zero-order valence-electron chi connectivity index (χ0n) is 24.9. The molecule has 2 aromatic rings. The van der Waals surface area contributed by atoms with Gasteiger partial charge in [0.2, 0.25) is 0 Å². The van der Waals surface area contributed by atoms with E-state index < -0.39 is 22.2 Å². The van der Waals surface area contributed by atoms with Gasteiger partial charge in [0, 0.05) is 44.8 Å². The van der Waals surface area contributed by atoms with E-state index >= 15 is 0 Å². The number of nitrogens with one attached hydrogen (secondary N) is 2. The second-order valence-electron chi connectivity index (χ2n) is 11.1.